The van der Waals surface area contributed by atoms with Crippen LogP contribution in [0.5, 0.6) is 0 Å². The lowest BCUT2D eigenvalue weighted by Gasteiger charge is -2.03. The van der Waals surface area contributed by atoms with Crippen molar-refractivity contribution in [2.24, 2.45) is 10.8 Å². The standard InChI is InChI=1S/C12H11N5O2/c13-12(10-6-3-4-8-14-10)16-15-9-5-1-2-7-11(9)17(18)19/h1-8,15H,(H2,13,16). The van der Waals surface area contributed by atoms with Gasteiger partial charge in [0.15, 0.2) is 5.84 Å². The van der Waals surface area contributed by atoms with E-state index >= 15 is 0 Å². The molecule has 0 radical (unpaired) electrons. The largest absolute Gasteiger partial charge is 0.380 e. The fourth-order valence-corrected chi connectivity index (χ4v) is 1.42. The Labute approximate surface area is 108 Å². The number of rotatable bonds is 4. The molecule has 1 aromatic heterocycles. The van der Waals surface area contributed by atoms with Gasteiger partial charge in [-0.15, -0.1) is 0 Å². The average molecular weight is 257 g/mol. The molecule has 0 aliphatic rings. The molecule has 0 saturated heterocycles. The summed E-state index contributed by atoms with van der Waals surface area (Å²) < 4.78 is 0. The zero-order valence-corrected chi connectivity index (χ0v) is 9.85. The highest BCUT2D eigenvalue weighted by atomic mass is 16.6. The number of para-hydroxylation sites is 2. The summed E-state index contributed by atoms with van der Waals surface area (Å²) in [4.78, 5) is 14.3. The first-order chi connectivity index (χ1) is 9.18. The molecule has 1 heterocycles. The molecule has 0 unspecified atom stereocenters. The summed E-state index contributed by atoms with van der Waals surface area (Å²) in [5.41, 5.74) is 8.99. The lowest BCUT2D eigenvalue weighted by Crippen LogP contribution is -2.16. The number of nitrogens with zero attached hydrogens (tertiary/aromatic N) is 3. The number of aromatic nitrogens is 1. The first kappa shape index (κ1) is 12.5. The Hall–Kier alpha value is -2.96. The molecular weight excluding hydrogens is 246 g/mol. The fraction of sp³-hybridized carbons (Fsp3) is 0. The molecule has 19 heavy (non-hydrogen) atoms. The van der Waals surface area contributed by atoms with Gasteiger partial charge in [-0.3, -0.25) is 20.5 Å². The van der Waals surface area contributed by atoms with Crippen molar-refractivity contribution < 1.29 is 4.92 Å². The minimum absolute atomic E-state index is 0.0694. The smallest absolute Gasteiger partial charge is 0.294 e. The quantitative estimate of drug-likeness (QED) is 0.375. The number of nitrogens with two attached hydrogens (primary N) is 1. The number of amidine groups is 1. The number of hydrogen-bond acceptors (Lipinski definition) is 5. The molecule has 2 rings (SSSR count). The molecule has 2 aromatic rings. The van der Waals surface area contributed by atoms with Gasteiger partial charge in [-0.25, -0.2) is 0 Å². The normalized spacial score (nSPS) is 11.1. The summed E-state index contributed by atoms with van der Waals surface area (Å²) in [5, 5.41) is 14.7. The van der Waals surface area contributed by atoms with E-state index in [9.17, 15) is 10.1 Å². The molecule has 3 N–H and O–H groups in total. The first-order valence-corrected chi connectivity index (χ1v) is 5.42. The third-order valence-electron chi connectivity index (χ3n) is 2.32. The first-order valence-electron chi connectivity index (χ1n) is 5.42. The molecular formula is C12H11N5O2. The summed E-state index contributed by atoms with van der Waals surface area (Å²) >= 11 is 0. The van der Waals surface area contributed by atoms with Crippen molar-refractivity contribution in [2.75, 3.05) is 5.43 Å². The predicted molar refractivity (Wildman–Crippen MR) is 71.7 cm³/mol. The van der Waals surface area contributed by atoms with Crippen LogP contribution in [-0.2, 0) is 0 Å². The third-order valence-corrected chi connectivity index (χ3v) is 2.32. The number of anilines is 1. The number of nitrogens with one attached hydrogen (secondary N) is 1. The molecule has 7 heteroatoms. The van der Waals surface area contributed by atoms with Crippen LogP contribution >= 0.6 is 0 Å². The molecule has 7 nitrogen and oxygen atoms in total. The van der Waals surface area contributed by atoms with Gasteiger partial charge in [0.2, 0.25) is 0 Å². The van der Waals surface area contributed by atoms with Gasteiger partial charge < -0.3 is 5.73 Å². The van der Waals surface area contributed by atoms with E-state index in [0.29, 0.717) is 5.69 Å². The van der Waals surface area contributed by atoms with Gasteiger partial charge in [0.05, 0.1) is 4.92 Å². The average Bonchev–Trinajstić information content (AvgIpc) is 2.46. The molecule has 1 aromatic carbocycles. The summed E-state index contributed by atoms with van der Waals surface area (Å²) in [6, 6.07) is 11.4. The van der Waals surface area contributed by atoms with Crippen molar-refractivity contribution >= 4 is 17.2 Å². The molecule has 0 bridgehead atoms. The van der Waals surface area contributed by atoms with Crippen molar-refractivity contribution in [1.29, 1.82) is 0 Å². The van der Waals surface area contributed by atoms with Crippen LogP contribution in [0.3, 0.4) is 0 Å². The zero-order valence-electron chi connectivity index (χ0n) is 9.85. The van der Waals surface area contributed by atoms with Gasteiger partial charge in [0.25, 0.3) is 5.69 Å². The lowest BCUT2D eigenvalue weighted by molar-refractivity contribution is -0.384. The van der Waals surface area contributed by atoms with Gasteiger partial charge in [-0.2, -0.15) is 5.10 Å². The number of benzene rings is 1. The molecule has 0 fully saturated rings. The number of pyridine rings is 1. The van der Waals surface area contributed by atoms with Gasteiger partial charge >= 0.3 is 0 Å². The maximum absolute atomic E-state index is 10.8. The van der Waals surface area contributed by atoms with E-state index in [-0.39, 0.29) is 17.2 Å². The van der Waals surface area contributed by atoms with Crippen LogP contribution in [-0.4, -0.2) is 15.7 Å². The highest BCUT2D eigenvalue weighted by Gasteiger charge is 2.11. The number of nitro groups is 1. The van der Waals surface area contributed by atoms with E-state index in [1.165, 1.54) is 6.07 Å². The van der Waals surface area contributed by atoms with Crippen LogP contribution in [0, 0.1) is 10.1 Å². The van der Waals surface area contributed by atoms with Gasteiger partial charge in [0.1, 0.15) is 11.4 Å². The Morgan fingerprint density at radius 2 is 2.00 bits per heavy atom. The van der Waals surface area contributed by atoms with Gasteiger partial charge in [-0.1, -0.05) is 18.2 Å². The van der Waals surface area contributed by atoms with Crippen molar-refractivity contribution in [3.8, 4) is 0 Å². The topological polar surface area (TPSA) is 106 Å². The molecule has 0 aliphatic heterocycles. The zero-order chi connectivity index (χ0) is 13.7. The van der Waals surface area contributed by atoms with Gasteiger partial charge in [0, 0.05) is 12.3 Å². The van der Waals surface area contributed by atoms with E-state index in [1.807, 2.05) is 0 Å². The highest BCUT2D eigenvalue weighted by molar-refractivity contribution is 5.96. The van der Waals surface area contributed by atoms with E-state index in [4.69, 9.17) is 5.73 Å². The van der Waals surface area contributed by atoms with Crippen LogP contribution in [0.15, 0.2) is 53.8 Å². The Morgan fingerprint density at radius 3 is 2.68 bits per heavy atom. The van der Waals surface area contributed by atoms with Gasteiger partial charge in [-0.05, 0) is 18.2 Å². The van der Waals surface area contributed by atoms with E-state index < -0.39 is 4.92 Å². The second kappa shape index (κ2) is 5.58. The monoisotopic (exact) mass is 257 g/mol. The number of hydrogen-bond donors (Lipinski definition) is 2. The van der Waals surface area contributed by atoms with Crippen molar-refractivity contribution in [3.05, 3.63) is 64.5 Å². The molecule has 0 saturated carbocycles. The third kappa shape index (κ3) is 3.03. The molecule has 0 amide bonds. The van der Waals surface area contributed by atoms with Crippen molar-refractivity contribution in [3.63, 3.8) is 0 Å². The summed E-state index contributed by atoms with van der Waals surface area (Å²) in [6.45, 7) is 0. The molecule has 96 valence electrons. The minimum atomic E-state index is -0.491. The number of hydrazone groups is 1. The van der Waals surface area contributed by atoms with Crippen LogP contribution in [0.2, 0.25) is 0 Å². The Balaban J connectivity index is 2.21. The van der Waals surface area contributed by atoms with Crippen LogP contribution in [0.1, 0.15) is 5.69 Å². The fourth-order valence-electron chi connectivity index (χ4n) is 1.42. The Morgan fingerprint density at radius 1 is 1.26 bits per heavy atom. The lowest BCUT2D eigenvalue weighted by atomic mass is 10.3. The molecule has 0 atom stereocenters. The van der Waals surface area contributed by atoms with Crippen molar-refractivity contribution in [2.45, 2.75) is 0 Å². The Kier molecular flexibility index (Phi) is 3.67. The van der Waals surface area contributed by atoms with E-state index in [0.717, 1.165) is 0 Å². The second-order valence-corrected chi connectivity index (χ2v) is 3.60. The number of nitro benzene ring substituents is 1. The second-order valence-electron chi connectivity index (χ2n) is 3.60. The van der Waals surface area contributed by atoms with E-state index in [1.54, 1.807) is 42.6 Å². The highest BCUT2D eigenvalue weighted by Crippen LogP contribution is 2.22. The summed E-state index contributed by atoms with van der Waals surface area (Å²) in [5.74, 6) is 0.152. The van der Waals surface area contributed by atoms with Crippen molar-refractivity contribution in [1.82, 2.24) is 4.98 Å². The van der Waals surface area contributed by atoms with E-state index in [2.05, 4.69) is 15.5 Å². The summed E-state index contributed by atoms with van der Waals surface area (Å²) in [7, 11) is 0. The Bertz CT molecular complexity index is 613. The maximum atomic E-state index is 10.8. The van der Waals surface area contributed by atoms with Crippen LogP contribution in [0.25, 0.3) is 0 Å². The molecule has 0 aliphatic carbocycles. The molecule has 0 spiro atoms. The van der Waals surface area contributed by atoms with Crippen LogP contribution < -0.4 is 11.2 Å². The predicted octanol–water partition coefficient (Wildman–Crippen LogP) is 1.72. The minimum Gasteiger partial charge on any atom is -0.380 e. The summed E-state index contributed by atoms with van der Waals surface area (Å²) in [6.07, 6.45) is 1.59. The van der Waals surface area contributed by atoms with Crippen LogP contribution in [0.4, 0.5) is 11.4 Å². The SMILES string of the molecule is N/C(=N/Nc1ccccc1[N+](=O)[O-])c1ccccn1. The maximum Gasteiger partial charge on any atom is 0.294 e.